The van der Waals surface area contributed by atoms with Crippen molar-refractivity contribution in [1.29, 1.82) is 0 Å². The topological polar surface area (TPSA) is 12.5 Å². The summed E-state index contributed by atoms with van der Waals surface area (Å²) < 4.78 is 5.65. The smallest absolute Gasteiger partial charge is 0.114 e. The van der Waals surface area contributed by atoms with Crippen molar-refractivity contribution in [1.82, 2.24) is 4.90 Å². The van der Waals surface area contributed by atoms with Gasteiger partial charge in [-0.1, -0.05) is 65.5 Å². The van der Waals surface area contributed by atoms with Crippen molar-refractivity contribution in [2.24, 2.45) is 0 Å². The predicted octanol–water partition coefficient (Wildman–Crippen LogP) is 5.56. The highest BCUT2D eigenvalue weighted by atomic mass is 16.5. The summed E-state index contributed by atoms with van der Waals surface area (Å²) in [6.07, 6.45) is 10.6. The summed E-state index contributed by atoms with van der Waals surface area (Å²) in [7, 11) is 0. The quantitative estimate of drug-likeness (QED) is 0.223. The molecule has 0 aliphatic carbocycles. The fraction of sp³-hybridized carbons (Fsp3) is 0.789. The van der Waals surface area contributed by atoms with Gasteiger partial charge in [0.1, 0.15) is 12.4 Å². The number of ether oxygens (including phenoxy) is 1. The summed E-state index contributed by atoms with van der Waals surface area (Å²) in [6, 6.07) is 0. The lowest BCUT2D eigenvalue weighted by atomic mass is 10.1. The molecule has 0 N–H and O–H groups in total. The van der Waals surface area contributed by atoms with Crippen LogP contribution in [0.4, 0.5) is 0 Å². The Morgan fingerprint density at radius 3 is 1.76 bits per heavy atom. The molecule has 0 heterocycles. The molecule has 0 aliphatic rings. The highest BCUT2D eigenvalue weighted by Crippen LogP contribution is 2.08. The molecule has 2 nitrogen and oxygen atoms in total. The minimum absolute atomic E-state index is 0.729. The molecular formula is C19H37NO. The second-order valence-corrected chi connectivity index (χ2v) is 6.01. The van der Waals surface area contributed by atoms with E-state index < -0.39 is 0 Å². The van der Waals surface area contributed by atoms with Crippen LogP contribution in [-0.4, -0.2) is 31.1 Å². The monoisotopic (exact) mass is 295 g/mol. The van der Waals surface area contributed by atoms with E-state index in [1.165, 1.54) is 64.5 Å². The zero-order valence-electron chi connectivity index (χ0n) is 14.8. The van der Waals surface area contributed by atoms with E-state index in [9.17, 15) is 0 Å². The lowest BCUT2D eigenvalue weighted by molar-refractivity contribution is 0.159. The van der Waals surface area contributed by atoms with Crippen molar-refractivity contribution in [3.8, 4) is 0 Å². The predicted molar refractivity (Wildman–Crippen MR) is 94.6 cm³/mol. The molecular weight excluding hydrogens is 258 g/mol. The molecule has 0 aromatic rings. The Kier molecular flexibility index (Phi) is 13.7. The Balaban J connectivity index is 3.92. The molecule has 2 heteroatoms. The molecule has 124 valence electrons. The number of unbranched alkanes of at least 4 members (excludes halogenated alkanes) is 6. The molecule has 0 rings (SSSR count). The van der Waals surface area contributed by atoms with E-state index in [1.54, 1.807) is 0 Å². The highest BCUT2D eigenvalue weighted by molar-refractivity contribution is 5.15. The number of hydrogen-bond acceptors (Lipinski definition) is 2. The van der Waals surface area contributed by atoms with E-state index in [0.717, 1.165) is 24.5 Å². The summed E-state index contributed by atoms with van der Waals surface area (Å²) in [6.45, 7) is 18.3. The Hall–Kier alpha value is -0.760. The molecule has 0 atom stereocenters. The first-order valence-electron chi connectivity index (χ1n) is 8.81. The Morgan fingerprint density at radius 1 is 0.810 bits per heavy atom. The van der Waals surface area contributed by atoms with Crippen LogP contribution in [0.1, 0.15) is 72.1 Å². The van der Waals surface area contributed by atoms with Crippen LogP contribution in [0.15, 0.2) is 24.5 Å². The van der Waals surface area contributed by atoms with Gasteiger partial charge in [0.15, 0.2) is 0 Å². The zero-order chi connectivity index (χ0) is 15.9. The number of allylic oxidation sites excluding steroid dienone is 1. The van der Waals surface area contributed by atoms with Gasteiger partial charge >= 0.3 is 0 Å². The fourth-order valence-corrected chi connectivity index (χ4v) is 2.28. The SMILES string of the molecule is C=C(C)C(=C)OCCN(CCCCCC)CCCCCC. The minimum Gasteiger partial charge on any atom is -0.493 e. The van der Waals surface area contributed by atoms with Gasteiger partial charge in [0, 0.05) is 6.54 Å². The van der Waals surface area contributed by atoms with Crippen molar-refractivity contribution in [3.05, 3.63) is 24.5 Å². The van der Waals surface area contributed by atoms with Crippen molar-refractivity contribution in [2.75, 3.05) is 26.2 Å². The van der Waals surface area contributed by atoms with Crippen LogP contribution < -0.4 is 0 Å². The van der Waals surface area contributed by atoms with Crippen LogP contribution in [0.2, 0.25) is 0 Å². The maximum Gasteiger partial charge on any atom is 0.114 e. The van der Waals surface area contributed by atoms with Crippen molar-refractivity contribution in [2.45, 2.75) is 72.1 Å². The van der Waals surface area contributed by atoms with Crippen molar-refractivity contribution < 1.29 is 4.74 Å². The largest absolute Gasteiger partial charge is 0.493 e. The first-order chi connectivity index (χ1) is 10.1. The maximum atomic E-state index is 5.65. The van der Waals surface area contributed by atoms with Gasteiger partial charge in [0.05, 0.1) is 0 Å². The van der Waals surface area contributed by atoms with E-state index in [-0.39, 0.29) is 0 Å². The normalized spacial score (nSPS) is 10.9. The van der Waals surface area contributed by atoms with Gasteiger partial charge in [-0.05, 0) is 38.4 Å². The molecule has 0 bridgehead atoms. The van der Waals surface area contributed by atoms with Gasteiger partial charge in [-0.25, -0.2) is 0 Å². The van der Waals surface area contributed by atoms with Gasteiger partial charge in [0.2, 0.25) is 0 Å². The van der Waals surface area contributed by atoms with Crippen LogP contribution in [0, 0.1) is 0 Å². The van der Waals surface area contributed by atoms with E-state index in [2.05, 4.69) is 31.9 Å². The lowest BCUT2D eigenvalue weighted by Gasteiger charge is -2.22. The van der Waals surface area contributed by atoms with E-state index in [0.29, 0.717) is 0 Å². The molecule has 0 aromatic carbocycles. The summed E-state index contributed by atoms with van der Waals surface area (Å²) in [5.74, 6) is 0.729. The van der Waals surface area contributed by atoms with Crippen LogP contribution in [0.5, 0.6) is 0 Å². The second kappa shape index (κ2) is 14.2. The molecule has 0 saturated heterocycles. The molecule has 0 radical (unpaired) electrons. The summed E-state index contributed by atoms with van der Waals surface area (Å²) >= 11 is 0. The summed E-state index contributed by atoms with van der Waals surface area (Å²) in [5, 5.41) is 0. The Morgan fingerprint density at radius 2 is 1.33 bits per heavy atom. The van der Waals surface area contributed by atoms with Crippen molar-refractivity contribution >= 4 is 0 Å². The van der Waals surface area contributed by atoms with Crippen LogP contribution >= 0.6 is 0 Å². The van der Waals surface area contributed by atoms with Crippen LogP contribution in [0.3, 0.4) is 0 Å². The summed E-state index contributed by atoms with van der Waals surface area (Å²) in [5.41, 5.74) is 0.924. The lowest BCUT2D eigenvalue weighted by Crippen LogP contribution is -2.29. The van der Waals surface area contributed by atoms with Gasteiger partial charge < -0.3 is 4.74 Å². The average molecular weight is 296 g/mol. The molecule has 0 aliphatic heterocycles. The van der Waals surface area contributed by atoms with Gasteiger partial charge in [-0.2, -0.15) is 0 Å². The zero-order valence-corrected chi connectivity index (χ0v) is 14.8. The molecule has 0 aromatic heterocycles. The third kappa shape index (κ3) is 12.7. The molecule has 0 unspecified atom stereocenters. The third-order valence-corrected chi connectivity index (χ3v) is 3.82. The van der Waals surface area contributed by atoms with Crippen LogP contribution in [-0.2, 0) is 4.74 Å². The fourth-order valence-electron chi connectivity index (χ4n) is 2.28. The first kappa shape index (κ1) is 20.2. The second-order valence-electron chi connectivity index (χ2n) is 6.01. The molecule has 21 heavy (non-hydrogen) atoms. The van der Waals surface area contributed by atoms with Crippen LogP contribution in [0.25, 0.3) is 0 Å². The molecule has 0 amide bonds. The highest BCUT2D eigenvalue weighted by Gasteiger charge is 2.05. The molecule has 0 fully saturated rings. The van der Waals surface area contributed by atoms with Crippen molar-refractivity contribution in [3.63, 3.8) is 0 Å². The Labute approximate surface area is 133 Å². The van der Waals surface area contributed by atoms with E-state index in [1.807, 2.05) is 6.92 Å². The Bertz CT molecular complexity index is 261. The standard InChI is InChI=1S/C19H37NO/c1-6-8-10-12-14-20(15-13-11-9-7-2)16-17-21-19(5)18(3)4/h3,5-17H2,1-2,4H3. The minimum atomic E-state index is 0.729. The third-order valence-electron chi connectivity index (χ3n) is 3.82. The number of nitrogens with zero attached hydrogens (tertiary/aromatic N) is 1. The first-order valence-corrected chi connectivity index (χ1v) is 8.81. The van der Waals surface area contributed by atoms with E-state index >= 15 is 0 Å². The average Bonchev–Trinajstić information content (AvgIpc) is 2.46. The maximum absolute atomic E-state index is 5.65. The molecule has 0 spiro atoms. The summed E-state index contributed by atoms with van der Waals surface area (Å²) in [4.78, 5) is 2.55. The van der Waals surface area contributed by atoms with Gasteiger partial charge in [-0.15, -0.1) is 0 Å². The number of hydrogen-bond donors (Lipinski definition) is 0. The van der Waals surface area contributed by atoms with E-state index in [4.69, 9.17) is 4.74 Å². The number of rotatable bonds is 15. The van der Waals surface area contributed by atoms with Gasteiger partial charge in [0.25, 0.3) is 0 Å². The molecule has 0 saturated carbocycles. The van der Waals surface area contributed by atoms with Gasteiger partial charge in [-0.3, -0.25) is 4.90 Å².